The topological polar surface area (TPSA) is 99.7 Å². The average Bonchev–Trinajstić information content (AvgIpc) is 3.22. The summed E-state index contributed by atoms with van der Waals surface area (Å²) >= 11 is 3.11. The average molecular weight is 451 g/mol. The lowest BCUT2D eigenvalue weighted by atomic mass is 10.0. The Morgan fingerprint density at radius 1 is 1.29 bits per heavy atom. The maximum atomic E-state index is 12.9. The third kappa shape index (κ3) is 3.68. The first-order valence-corrected chi connectivity index (χ1v) is 9.88. The number of nitro groups is 1. The largest absolute Gasteiger partial charge is 0.490 e. The quantitative estimate of drug-likeness (QED) is 0.523. The normalized spacial score (nSPS) is 18.8. The first kappa shape index (κ1) is 18.7. The molecule has 1 aromatic carbocycles. The van der Waals surface area contributed by atoms with Crippen molar-refractivity contribution in [2.75, 3.05) is 19.8 Å². The molecule has 1 fully saturated rings. The predicted octanol–water partition coefficient (Wildman–Crippen LogP) is 3.08. The Balaban J connectivity index is 1.52. The van der Waals surface area contributed by atoms with Crippen molar-refractivity contribution in [1.82, 2.24) is 14.7 Å². The third-order valence-electron chi connectivity index (χ3n) is 4.90. The van der Waals surface area contributed by atoms with Crippen LogP contribution in [0.15, 0.2) is 28.9 Å². The minimum Gasteiger partial charge on any atom is -0.490 e. The highest BCUT2D eigenvalue weighted by Gasteiger charge is 2.32. The SMILES string of the molecule is O=C(Cn1cc(Br)c([N+](=O)[O-])n1)N1CCCC1c1ccc2c(c1)OCCCO2. The van der Waals surface area contributed by atoms with Gasteiger partial charge in [0.2, 0.25) is 5.91 Å². The number of hydrogen-bond donors (Lipinski definition) is 0. The summed E-state index contributed by atoms with van der Waals surface area (Å²) in [6.45, 7) is 1.83. The minimum atomic E-state index is -0.582. The number of ether oxygens (including phenoxy) is 2. The molecule has 2 aliphatic rings. The standard InChI is InChI=1S/C18H19BrN4O5/c19-13-10-21(20-18(13)23(25)26)11-17(24)22-6-1-3-14(22)12-4-5-15-16(9-12)28-8-2-7-27-15/h4-5,9-10,14H,1-3,6-8,11H2. The van der Waals surface area contributed by atoms with Gasteiger partial charge in [-0.05, 0) is 51.4 Å². The molecule has 1 unspecified atom stereocenters. The number of halogens is 1. The first-order chi connectivity index (χ1) is 13.5. The fraction of sp³-hybridized carbons (Fsp3) is 0.444. The zero-order chi connectivity index (χ0) is 19.7. The predicted molar refractivity (Wildman–Crippen MR) is 102 cm³/mol. The van der Waals surface area contributed by atoms with Gasteiger partial charge in [-0.3, -0.25) is 4.79 Å². The highest BCUT2D eigenvalue weighted by Crippen LogP contribution is 2.38. The van der Waals surface area contributed by atoms with Crippen LogP contribution in [-0.4, -0.2) is 45.3 Å². The molecule has 10 heteroatoms. The molecule has 0 spiro atoms. The van der Waals surface area contributed by atoms with Gasteiger partial charge in [0.05, 0.1) is 30.6 Å². The summed E-state index contributed by atoms with van der Waals surface area (Å²) in [6.07, 6.45) is 4.04. The van der Waals surface area contributed by atoms with E-state index in [-0.39, 0.29) is 28.8 Å². The van der Waals surface area contributed by atoms with Crippen LogP contribution >= 0.6 is 15.9 Å². The Kier molecular flexibility index (Phi) is 5.21. The van der Waals surface area contributed by atoms with Gasteiger partial charge in [-0.1, -0.05) is 6.07 Å². The van der Waals surface area contributed by atoms with Crippen molar-refractivity contribution in [1.29, 1.82) is 0 Å². The van der Waals surface area contributed by atoms with Gasteiger partial charge in [0.25, 0.3) is 0 Å². The van der Waals surface area contributed by atoms with Gasteiger partial charge < -0.3 is 24.5 Å². The number of nitrogens with zero attached hydrogens (tertiary/aromatic N) is 4. The minimum absolute atomic E-state index is 0.0481. The Hall–Kier alpha value is -2.62. The number of carbonyl (C=O) groups is 1. The van der Waals surface area contributed by atoms with E-state index in [0.717, 1.165) is 30.6 Å². The molecule has 0 radical (unpaired) electrons. The molecule has 0 bridgehead atoms. The lowest BCUT2D eigenvalue weighted by Gasteiger charge is -2.25. The lowest BCUT2D eigenvalue weighted by molar-refractivity contribution is -0.390. The summed E-state index contributed by atoms with van der Waals surface area (Å²) in [7, 11) is 0. The Morgan fingerprint density at radius 3 is 2.82 bits per heavy atom. The highest BCUT2D eigenvalue weighted by molar-refractivity contribution is 9.10. The van der Waals surface area contributed by atoms with E-state index in [1.54, 1.807) is 4.90 Å². The molecule has 4 rings (SSSR count). The number of hydrogen-bond acceptors (Lipinski definition) is 6. The molecule has 2 aromatic rings. The molecule has 9 nitrogen and oxygen atoms in total. The van der Waals surface area contributed by atoms with E-state index in [4.69, 9.17) is 9.47 Å². The molecule has 1 saturated heterocycles. The molecule has 0 aliphatic carbocycles. The molecule has 28 heavy (non-hydrogen) atoms. The van der Waals surface area contributed by atoms with Gasteiger partial charge in [0, 0.05) is 13.0 Å². The van der Waals surface area contributed by atoms with Crippen molar-refractivity contribution in [2.45, 2.75) is 31.8 Å². The summed E-state index contributed by atoms with van der Waals surface area (Å²) < 4.78 is 13.0. The van der Waals surface area contributed by atoms with E-state index in [0.29, 0.717) is 25.5 Å². The van der Waals surface area contributed by atoms with E-state index in [9.17, 15) is 14.9 Å². The lowest BCUT2D eigenvalue weighted by Crippen LogP contribution is -2.33. The summed E-state index contributed by atoms with van der Waals surface area (Å²) in [4.78, 5) is 25.0. The van der Waals surface area contributed by atoms with E-state index in [1.165, 1.54) is 10.9 Å². The maximum absolute atomic E-state index is 12.9. The molecule has 1 aromatic heterocycles. The van der Waals surface area contributed by atoms with Crippen molar-refractivity contribution >= 4 is 27.7 Å². The zero-order valence-corrected chi connectivity index (χ0v) is 16.6. The molecule has 0 N–H and O–H groups in total. The number of rotatable bonds is 4. The third-order valence-corrected chi connectivity index (χ3v) is 5.46. The van der Waals surface area contributed by atoms with Crippen molar-refractivity contribution < 1.29 is 19.2 Å². The molecular formula is C18H19BrN4O5. The van der Waals surface area contributed by atoms with E-state index in [2.05, 4.69) is 21.0 Å². The molecule has 148 valence electrons. The van der Waals surface area contributed by atoms with Crippen LogP contribution in [0.3, 0.4) is 0 Å². The number of amides is 1. The molecule has 1 amide bonds. The van der Waals surface area contributed by atoms with Crippen LogP contribution in [0, 0.1) is 10.1 Å². The second-order valence-electron chi connectivity index (χ2n) is 6.76. The van der Waals surface area contributed by atoms with Crippen molar-refractivity contribution in [3.05, 3.63) is 44.5 Å². The molecule has 1 atom stereocenters. The van der Waals surface area contributed by atoms with Crippen molar-refractivity contribution in [3.63, 3.8) is 0 Å². The van der Waals surface area contributed by atoms with Gasteiger partial charge in [-0.15, -0.1) is 0 Å². The van der Waals surface area contributed by atoms with Gasteiger partial charge in [-0.25, -0.2) is 0 Å². The molecule has 2 aliphatic heterocycles. The number of benzene rings is 1. The van der Waals surface area contributed by atoms with Crippen LogP contribution in [0.1, 0.15) is 30.9 Å². The van der Waals surface area contributed by atoms with Crippen LogP contribution in [0.4, 0.5) is 5.82 Å². The maximum Gasteiger partial charge on any atom is 0.404 e. The second-order valence-corrected chi connectivity index (χ2v) is 7.61. The fourth-order valence-electron chi connectivity index (χ4n) is 3.62. The summed E-state index contributed by atoms with van der Waals surface area (Å²) in [6, 6.07) is 5.76. The molecule has 3 heterocycles. The second kappa shape index (κ2) is 7.78. The number of fused-ring (bicyclic) bond motifs is 1. The summed E-state index contributed by atoms with van der Waals surface area (Å²) in [5, 5.41) is 14.8. The Bertz CT molecular complexity index is 915. The van der Waals surface area contributed by atoms with Gasteiger partial charge in [0.1, 0.15) is 11.0 Å². The van der Waals surface area contributed by atoms with E-state index >= 15 is 0 Å². The van der Waals surface area contributed by atoms with Crippen molar-refractivity contribution in [3.8, 4) is 11.5 Å². The smallest absolute Gasteiger partial charge is 0.404 e. The van der Waals surface area contributed by atoms with Gasteiger partial charge in [0.15, 0.2) is 11.5 Å². The summed E-state index contributed by atoms with van der Waals surface area (Å²) in [5.74, 6) is 1.01. The Labute approximate surface area is 169 Å². The molecule has 0 saturated carbocycles. The monoisotopic (exact) mass is 450 g/mol. The van der Waals surface area contributed by atoms with Crippen LogP contribution in [-0.2, 0) is 11.3 Å². The van der Waals surface area contributed by atoms with Crippen molar-refractivity contribution in [2.24, 2.45) is 0 Å². The van der Waals surface area contributed by atoms with E-state index in [1.807, 2.05) is 18.2 Å². The van der Waals surface area contributed by atoms with Crippen LogP contribution in [0.25, 0.3) is 0 Å². The van der Waals surface area contributed by atoms with Gasteiger partial charge >= 0.3 is 5.82 Å². The number of aromatic nitrogens is 2. The van der Waals surface area contributed by atoms with E-state index < -0.39 is 4.92 Å². The van der Waals surface area contributed by atoms with Crippen LogP contribution < -0.4 is 9.47 Å². The molecular weight excluding hydrogens is 432 g/mol. The van der Waals surface area contributed by atoms with Gasteiger partial charge in [-0.2, -0.15) is 4.68 Å². The highest BCUT2D eigenvalue weighted by atomic mass is 79.9. The number of likely N-dealkylation sites (tertiary alicyclic amines) is 1. The summed E-state index contributed by atoms with van der Waals surface area (Å²) in [5.41, 5.74) is 1.00. The fourth-order valence-corrected chi connectivity index (χ4v) is 4.08. The Morgan fingerprint density at radius 2 is 2.07 bits per heavy atom. The number of carbonyl (C=O) groups excluding carboxylic acids is 1. The van der Waals surface area contributed by atoms with Crippen LogP contribution in [0.5, 0.6) is 11.5 Å². The van der Waals surface area contributed by atoms with Crippen LogP contribution in [0.2, 0.25) is 0 Å². The first-order valence-electron chi connectivity index (χ1n) is 9.09. The zero-order valence-electron chi connectivity index (χ0n) is 15.0.